The van der Waals surface area contributed by atoms with E-state index >= 15 is 0 Å². The van der Waals surface area contributed by atoms with Gasteiger partial charge in [-0.1, -0.05) is 25.4 Å². The monoisotopic (exact) mass is 185 g/mol. The second-order valence-electron chi connectivity index (χ2n) is 1.95. The summed E-state index contributed by atoms with van der Waals surface area (Å²) in [6.07, 6.45) is 0.689. The first kappa shape index (κ1) is 11.1. The highest BCUT2D eigenvalue weighted by atomic mass is 35.5. The predicted molar refractivity (Wildman–Crippen MR) is 50.7 cm³/mol. The normalized spacial score (nSPS) is 8.33. The van der Waals surface area contributed by atoms with Crippen molar-refractivity contribution in [3.05, 3.63) is 28.5 Å². The van der Waals surface area contributed by atoms with Gasteiger partial charge >= 0.3 is 0 Å². The van der Waals surface area contributed by atoms with Crippen LogP contribution in [0.3, 0.4) is 0 Å². The molecule has 1 heterocycles. The molecule has 0 N–H and O–H groups in total. The molecule has 1 aromatic rings. The fraction of sp³-hybridized carbons (Fsp3) is 0.333. The highest BCUT2D eigenvalue weighted by Crippen LogP contribution is 2.10. The quantitative estimate of drug-likeness (QED) is 0.498. The molecule has 0 aromatic carbocycles. The average Bonchev–Trinajstić information content (AvgIpc) is 2.08. The molecular weight excluding hydrogens is 174 g/mol. The van der Waals surface area contributed by atoms with Gasteiger partial charge < -0.3 is 0 Å². The fourth-order valence-electron chi connectivity index (χ4n) is 0.624. The Bertz CT molecular complexity index is 261. The molecule has 0 atom stereocenters. The number of carbonyl (C=O) groups excluding carboxylic acids is 1. The third kappa shape index (κ3) is 3.01. The summed E-state index contributed by atoms with van der Waals surface area (Å²) in [6.45, 7) is 5.82. The lowest BCUT2D eigenvalue weighted by Crippen LogP contribution is -1.87. The summed E-state index contributed by atoms with van der Waals surface area (Å²) in [6, 6.07) is 3.40. The van der Waals surface area contributed by atoms with Gasteiger partial charge in [0.25, 0.3) is 0 Å². The number of aromatic nitrogens is 1. The van der Waals surface area contributed by atoms with Crippen LogP contribution >= 0.6 is 11.6 Å². The molecule has 0 spiro atoms. The molecule has 0 bridgehead atoms. The van der Waals surface area contributed by atoms with E-state index in [9.17, 15) is 4.79 Å². The van der Waals surface area contributed by atoms with Crippen LogP contribution in [0.25, 0.3) is 0 Å². The Morgan fingerprint density at radius 2 is 2.00 bits per heavy atom. The van der Waals surface area contributed by atoms with Gasteiger partial charge in [-0.15, -0.1) is 0 Å². The van der Waals surface area contributed by atoms with Gasteiger partial charge in [0.1, 0.15) is 5.15 Å². The molecule has 0 amide bonds. The lowest BCUT2D eigenvalue weighted by Gasteiger charge is -1.94. The molecule has 0 aliphatic carbocycles. The Morgan fingerprint density at radius 1 is 1.42 bits per heavy atom. The fourth-order valence-corrected chi connectivity index (χ4v) is 0.865. The van der Waals surface area contributed by atoms with Crippen molar-refractivity contribution < 1.29 is 4.79 Å². The van der Waals surface area contributed by atoms with Crippen molar-refractivity contribution in [3.63, 3.8) is 0 Å². The summed E-state index contributed by atoms with van der Waals surface area (Å²) in [7, 11) is 0. The van der Waals surface area contributed by atoms with Gasteiger partial charge in [0.2, 0.25) is 0 Å². The van der Waals surface area contributed by atoms with Crippen molar-refractivity contribution in [2.24, 2.45) is 0 Å². The van der Waals surface area contributed by atoms with Gasteiger partial charge in [0, 0.05) is 5.69 Å². The first-order chi connectivity index (χ1) is 5.74. The van der Waals surface area contributed by atoms with Gasteiger partial charge in [0.05, 0.1) is 5.56 Å². The number of aryl methyl sites for hydroxylation is 1. The van der Waals surface area contributed by atoms with E-state index < -0.39 is 0 Å². The van der Waals surface area contributed by atoms with Crippen LogP contribution in [-0.4, -0.2) is 11.3 Å². The van der Waals surface area contributed by atoms with Crippen LogP contribution in [0.2, 0.25) is 5.15 Å². The number of hydrogen-bond acceptors (Lipinski definition) is 2. The van der Waals surface area contributed by atoms with Crippen molar-refractivity contribution in [2.45, 2.75) is 20.8 Å². The summed E-state index contributed by atoms with van der Waals surface area (Å²) < 4.78 is 0. The third-order valence-electron chi connectivity index (χ3n) is 1.14. The molecule has 3 heteroatoms. The number of nitrogens with zero attached hydrogens (tertiary/aromatic N) is 1. The Kier molecular flexibility index (Phi) is 5.30. The molecule has 0 fully saturated rings. The van der Waals surface area contributed by atoms with Gasteiger partial charge in [0.15, 0.2) is 6.29 Å². The first-order valence-electron chi connectivity index (χ1n) is 3.82. The Balaban J connectivity index is 0.000000561. The van der Waals surface area contributed by atoms with E-state index in [1.165, 1.54) is 0 Å². The average molecular weight is 186 g/mol. The second-order valence-corrected chi connectivity index (χ2v) is 2.31. The largest absolute Gasteiger partial charge is 0.298 e. The third-order valence-corrected chi connectivity index (χ3v) is 1.45. The molecule has 12 heavy (non-hydrogen) atoms. The van der Waals surface area contributed by atoms with E-state index in [0.29, 0.717) is 11.8 Å². The molecule has 0 aliphatic heterocycles. The number of hydrogen-bond donors (Lipinski definition) is 0. The van der Waals surface area contributed by atoms with Crippen molar-refractivity contribution >= 4 is 17.9 Å². The van der Waals surface area contributed by atoms with E-state index in [-0.39, 0.29) is 5.15 Å². The minimum Gasteiger partial charge on any atom is -0.298 e. The Labute approximate surface area is 77.6 Å². The molecule has 0 aliphatic rings. The first-order valence-corrected chi connectivity index (χ1v) is 4.20. The van der Waals surface area contributed by atoms with Crippen molar-refractivity contribution in [3.8, 4) is 0 Å². The van der Waals surface area contributed by atoms with Crippen LogP contribution in [0, 0.1) is 6.92 Å². The highest BCUT2D eigenvalue weighted by Gasteiger charge is 1.97. The number of rotatable bonds is 1. The molecule has 2 nitrogen and oxygen atoms in total. The minimum absolute atomic E-state index is 0.273. The van der Waals surface area contributed by atoms with Gasteiger partial charge in [-0.25, -0.2) is 4.98 Å². The predicted octanol–water partition coefficient (Wildman–Crippen LogP) is 2.88. The van der Waals surface area contributed by atoms with Gasteiger partial charge in [-0.2, -0.15) is 0 Å². The SMILES string of the molecule is CC.Cc1ccc(C=O)c(Cl)n1. The Morgan fingerprint density at radius 3 is 2.42 bits per heavy atom. The number of aldehydes is 1. The maximum atomic E-state index is 10.2. The molecule has 1 aromatic heterocycles. The standard InChI is InChI=1S/C7H6ClNO.C2H6/c1-5-2-3-6(4-10)7(8)9-5;1-2/h2-4H,1H3;1-2H3. The lowest BCUT2D eigenvalue weighted by atomic mass is 10.3. The van der Waals surface area contributed by atoms with Crippen molar-refractivity contribution in [2.75, 3.05) is 0 Å². The zero-order valence-electron chi connectivity index (χ0n) is 7.47. The van der Waals surface area contributed by atoms with E-state index in [1.807, 2.05) is 20.8 Å². The van der Waals surface area contributed by atoms with Crippen LogP contribution in [0.5, 0.6) is 0 Å². The molecule has 0 saturated heterocycles. The summed E-state index contributed by atoms with van der Waals surface area (Å²) in [4.78, 5) is 14.1. The number of carbonyl (C=O) groups is 1. The number of pyridine rings is 1. The van der Waals surface area contributed by atoms with Gasteiger partial charge in [-0.05, 0) is 19.1 Å². The van der Waals surface area contributed by atoms with Crippen LogP contribution in [0.1, 0.15) is 29.9 Å². The summed E-state index contributed by atoms with van der Waals surface area (Å²) in [5, 5.41) is 0.273. The van der Waals surface area contributed by atoms with Crippen LogP contribution in [0.15, 0.2) is 12.1 Å². The van der Waals surface area contributed by atoms with Crippen molar-refractivity contribution in [1.29, 1.82) is 0 Å². The number of halogens is 1. The van der Waals surface area contributed by atoms with Crippen molar-refractivity contribution in [1.82, 2.24) is 4.98 Å². The zero-order valence-corrected chi connectivity index (χ0v) is 8.22. The molecule has 1 rings (SSSR count). The minimum atomic E-state index is 0.273. The Hall–Kier alpha value is -0.890. The summed E-state index contributed by atoms with van der Waals surface area (Å²) in [5.74, 6) is 0. The van der Waals surface area contributed by atoms with E-state index in [1.54, 1.807) is 12.1 Å². The lowest BCUT2D eigenvalue weighted by molar-refractivity contribution is 0.112. The topological polar surface area (TPSA) is 30.0 Å². The van der Waals surface area contributed by atoms with Crippen LogP contribution in [0.4, 0.5) is 0 Å². The van der Waals surface area contributed by atoms with Crippen LogP contribution in [-0.2, 0) is 0 Å². The molecule has 0 unspecified atom stereocenters. The molecule has 0 radical (unpaired) electrons. The van der Waals surface area contributed by atoms with E-state index in [4.69, 9.17) is 11.6 Å². The maximum Gasteiger partial charge on any atom is 0.153 e. The van der Waals surface area contributed by atoms with Gasteiger partial charge in [-0.3, -0.25) is 4.79 Å². The van der Waals surface area contributed by atoms with E-state index in [2.05, 4.69) is 4.98 Å². The molecule has 0 saturated carbocycles. The summed E-state index contributed by atoms with van der Waals surface area (Å²) in [5.41, 5.74) is 1.25. The maximum absolute atomic E-state index is 10.2. The highest BCUT2D eigenvalue weighted by molar-refractivity contribution is 6.31. The molecular formula is C9H12ClNO. The molecule has 66 valence electrons. The zero-order chi connectivity index (χ0) is 9.56. The smallest absolute Gasteiger partial charge is 0.153 e. The van der Waals surface area contributed by atoms with E-state index in [0.717, 1.165) is 5.69 Å². The summed E-state index contributed by atoms with van der Waals surface area (Å²) >= 11 is 5.59. The second kappa shape index (κ2) is 5.72. The van der Waals surface area contributed by atoms with Crippen LogP contribution < -0.4 is 0 Å².